The molecule has 7 nitrogen and oxygen atoms in total. The van der Waals surface area contributed by atoms with E-state index in [4.69, 9.17) is 4.74 Å². The van der Waals surface area contributed by atoms with Gasteiger partial charge in [-0.3, -0.25) is 10.1 Å². The predicted octanol–water partition coefficient (Wildman–Crippen LogP) is 5.13. The molecule has 0 saturated heterocycles. The van der Waals surface area contributed by atoms with E-state index in [2.05, 4.69) is 26.6 Å². The molecule has 2 rings (SSSR count). The molecular weight excluding hydrogens is 402 g/mol. The number of nitro benzene ring substituents is 1. The van der Waals surface area contributed by atoms with E-state index >= 15 is 0 Å². The number of carbonyl (C=O) groups is 1. The Morgan fingerprint density at radius 2 is 1.85 bits per heavy atom. The van der Waals surface area contributed by atoms with Crippen LogP contribution in [0.25, 0.3) is 0 Å². The normalized spacial score (nSPS) is 10.9. The Morgan fingerprint density at radius 3 is 2.42 bits per heavy atom. The molecule has 2 aromatic carbocycles. The number of hydrogen-bond acceptors (Lipinski definition) is 5. The minimum Gasteiger partial charge on any atom is -0.444 e. The first kappa shape index (κ1) is 19.7. The predicted molar refractivity (Wildman–Crippen MR) is 104 cm³/mol. The van der Waals surface area contributed by atoms with Crippen molar-refractivity contribution in [3.8, 4) is 0 Å². The van der Waals surface area contributed by atoms with E-state index in [-0.39, 0.29) is 5.69 Å². The third-order valence-corrected chi connectivity index (χ3v) is 3.72. The summed E-state index contributed by atoms with van der Waals surface area (Å²) >= 11 is 3.31. The number of halogens is 1. The van der Waals surface area contributed by atoms with Crippen LogP contribution in [-0.4, -0.2) is 16.6 Å². The van der Waals surface area contributed by atoms with Crippen molar-refractivity contribution in [3.63, 3.8) is 0 Å². The number of anilines is 2. The Kier molecular flexibility index (Phi) is 6.20. The standard InChI is InChI=1S/C18H20BrN3O4/c1-18(2,3)26-17(23)20-11-12-4-7-14(8-5-12)21-15-10-13(19)6-9-16(15)22(24)25/h4-10,21H,11H2,1-3H3,(H,20,23). The minimum atomic E-state index is -0.545. The number of rotatable bonds is 5. The quantitative estimate of drug-likeness (QED) is 0.515. The summed E-state index contributed by atoms with van der Waals surface area (Å²) in [4.78, 5) is 22.3. The second kappa shape index (κ2) is 8.18. The van der Waals surface area contributed by atoms with Crippen molar-refractivity contribution in [3.05, 3.63) is 62.6 Å². The second-order valence-electron chi connectivity index (χ2n) is 6.60. The van der Waals surface area contributed by atoms with Crippen LogP contribution in [0.15, 0.2) is 46.9 Å². The highest BCUT2D eigenvalue weighted by atomic mass is 79.9. The third kappa shape index (κ3) is 6.03. The van der Waals surface area contributed by atoms with E-state index in [1.54, 1.807) is 45.0 Å². The first-order chi connectivity index (χ1) is 12.1. The summed E-state index contributed by atoms with van der Waals surface area (Å²) in [5, 5.41) is 16.8. The van der Waals surface area contributed by atoms with Crippen LogP contribution in [0.4, 0.5) is 21.9 Å². The van der Waals surface area contributed by atoms with Gasteiger partial charge < -0.3 is 15.4 Å². The maximum Gasteiger partial charge on any atom is 0.407 e. The van der Waals surface area contributed by atoms with E-state index in [9.17, 15) is 14.9 Å². The van der Waals surface area contributed by atoms with Crippen molar-refractivity contribution in [2.45, 2.75) is 32.9 Å². The summed E-state index contributed by atoms with van der Waals surface area (Å²) in [5.74, 6) is 0. The number of nitrogens with one attached hydrogen (secondary N) is 2. The maximum absolute atomic E-state index is 11.7. The zero-order chi connectivity index (χ0) is 19.3. The Labute approximate surface area is 160 Å². The van der Waals surface area contributed by atoms with Crippen LogP contribution in [-0.2, 0) is 11.3 Å². The van der Waals surface area contributed by atoms with Gasteiger partial charge in [-0.05, 0) is 50.6 Å². The van der Waals surface area contributed by atoms with E-state index < -0.39 is 16.6 Å². The average molecular weight is 422 g/mol. The Morgan fingerprint density at radius 1 is 1.19 bits per heavy atom. The Bertz CT molecular complexity index is 801. The largest absolute Gasteiger partial charge is 0.444 e. The molecule has 0 saturated carbocycles. The molecule has 0 bridgehead atoms. The monoisotopic (exact) mass is 421 g/mol. The maximum atomic E-state index is 11.7. The highest BCUT2D eigenvalue weighted by Crippen LogP contribution is 2.30. The van der Waals surface area contributed by atoms with Gasteiger partial charge >= 0.3 is 6.09 Å². The highest BCUT2D eigenvalue weighted by Gasteiger charge is 2.16. The van der Waals surface area contributed by atoms with Crippen molar-refractivity contribution in [2.24, 2.45) is 0 Å². The topological polar surface area (TPSA) is 93.5 Å². The number of hydrogen-bond donors (Lipinski definition) is 2. The van der Waals surface area contributed by atoms with Crippen LogP contribution in [0.3, 0.4) is 0 Å². The fraction of sp³-hybridized carbons (Fsp3) is 0.278. The number of amides is 1. The van der Waals surface area contributed by atoms with Crippen molar-refractivity contribution < 1.29 is 14.5 Å². The van der Waals surface area contributed by atoms with E-state index in [1.807, 2.05) is 12.1 Å². The number of ether oxygens (including phenoxy) is 1. The van der Waals surface area contributed by atoms with Gasteiger partial charge in [0, 0.05) is 22.8 Å². The van der Waals surface area contributed by atoms with Crippen molar-refractivity contribution in [2.75, 3.05) is 5.32 Å². The fourth-order valence-electron chi connectivity index (χ4n) is 2.12. The van der Waals surface area contributed by atoms with Gasteiger partial charge in [0.15, 0.2) is 0 Å². The number of nitro groups is 1. The SMILES string of the molecule is CC(C)(C)OC(=O)NCc1ccc(Nc2cc(Br)ccc2[N+](=O)[O-])cc1. The van der Waals surface area contributed by atoms with E-state index in [0.717, 1.165) is 10.0 Å². The summed E-state index contributed by atoms with van der Waals surface area (Å²) in [5.41, 5.74) is 1.42. The molecule has 0 atom stereocenters. The zero-order valence-corrected chi connectivity index (χ0v) is 16.3. The van der Waals surface area contributed by atoms with Gasteiger partial charge in [-0.1, -0.05) is 28.1 Å². The molecule has 1 amide bonds. The number of carbonyl (C=O) groups excluding carboxylic acids is 1. The lowest BCUT2D eigenvalue weighted by Gasteiger charge is -2.19. The van der Waals surface area contributed by atoms with Crippen LogP contribution in [0, 0.1) is 10.1 Å². The van der Waals surface area contributed by atoms with Gasteiger partial charge in [-0.25, -0.2) is 4.79 Å². The smallest absolute Gasteiger partial charge is 0.407 e. The van der Waals surface area contributed by atoms with E-state index in [1.165, 1.54) is 6.07 Å². The van der Waals surface area contributed by atoms with Crippen molar-refractivity contribution in [1.82, 2.24) is 5.32 Å². The summed E-state index contributed by atoms with van der Waals surface area (Å²) < 4.78 is 5.92. The minimum absolute atomic E-state index is 0.0103. The number of nitrogens with zero attached hydrogens (tertiary/aromatic N) is 1. The lowest BCUT2D eigenvalue weighted by atomic mass is 10.2. The van der Waals surface area contributed by atoms with Crippen LogP contribution in [0.1, 0.15) is 26.3 Å². The molecular formula is C18H20BrN3O4. The molecule has 0 spiro atoms. The zero-order valence-electron chi connectivity index (χ0n) is 14.7. The first-order valence-corrected chi connectivity index (χ1v) is 8.70. The van der Waals surface area contributed by atoms with Crippen LogP contribution in [0.2, 0.25) is 0 Å². The van der Waals surface area contributed by atoms with Gasteiger partial charge in [0.2, 0.25) is 0 Å². The van der Waals surface area contributed by atoms with Gasteiger partial charge in [-0.15, -0.1) is 0 Å². The summed E-state index contributed by atoms with van der Waals surface area (Å²) in [6, 6.07) is 11.9. The average Bonchev–Trinajstić information content (AvgIpc) is 2.52. The molecule has 0 heterocycles. The highest BCUT2D eigenvalue weighted by molar-refractivity contribution is 9.10. The molecule has 2 aromatic rings. The van der Waals surface area contributed by atoms with Gasteiger partial charge in [0.25, 0.3) is 5.69 Å². The molecule has 138 valence electrons. The molecule has 0 aromatic heterocycles. The molecule has 2 N–H and O–H groups in total. The molecule has 8 heteroatoms. The first-order valence-electron chi connectivity index (χ1n) is 7.91. The molecule has 0 aliphatic heterocycles. The summed E-state index contributed by atoms with van der Waals surface area (Å²) in [6.45, 7) is 5.72. The Hall–Kier alpha value is -2.61. The summed E-state index contributed by atoms with van der Waals surface area (Å²) in [7, 11) is 0. The van der Waals surface area contributed by atoms with Gasteiger partial charge in [0.1, 0.15) is 11.3 Å². The van der Waals surface area contributed by atoms with Gasteiger partial charge in [0.05, 0.1) is 4.92 Å². The molecule has 0 aliphatic rings. The van der Waals surface area contributed by atoms with Crippen molar-refractivity contribution in [1.29, 1.82) is 0 Å². The van der Waals surface area contributed by atoms with Gasteiger partial charge in [-0.2, -0.15) is 0 Å². The van der Waals surface area contributed by atoms with Crippen LogP contribution < -0.4 is 10.6 Å². The number of benzene rings is 2. The Balaban J connectivity index is 2.01. The number of alkyl carbamates (subject to hydrolysis) is 1. The lowest BCUT2D eigenvalue weighted by Crippen LogP contribution is -2.32. The second-order valence-corrected chi connectivity index (χ2v) is 7.51. The molecule has 0 radical (unpaired) electrons. The van der Waals surface area contributed by atoms with Crippen LogP contribution in [0.5, 0.6) is 0 Å². The van der Waals surface area contributed by atoms with Crippen LogP contribution >= 0.6 is 15.9 Å². The third-order valence-electron chi connectivity index (χ3n) is 3.22. The molecule has 0 unspecified atom stereocenters. The lowest BCUT2D eigenvalue weighted by molar-refractivity contribution is -0.383. The summed E-state index contributed by atoms with van der Waals surface area (Å²) in [6.07, 6.45) is -0.482. The molecule has 0 aliphatic carbocycles. The van der Waals surface area contributed by atoms with Crippen molar-refractivity contribution >= 4 is 39.1 Å². The molecule has 26 heavy (non-hydrogen) atoms. The fourth-order valence-corrected chi connectivity index (χ4v) is 2.48. The molecule has 0 fully saturated rings. The van der Waals surface area contributed by atoms with E-state index in [0.29, 0.717) is 17.9 Å².